The van der Waals surface area contributed by atoms with E-state index in [-0.39, 0.29) is 0 Å². The van der Waals surface area contributed by atoms with Crippen molar-refractivity contribution in [1.29, 1.82) is 0 Å². The third-order valence-corrected chi connectivity index (χ3v) is 4.28. The first-order valence-electron chi connectivity index (χ1n) is 6.69. The van der Waals surface area contributed by atoms with E-state index >= 15 is 0 Å². The Morgan fingerprint density at radius 1 is 1.20 bits per heavy atom. The lowest BCUT2D eigenvalue weighted by Crippen LogP contribution is -1.99. The Bertz CT molecular complexity index is 572. The Balaban J connectivity index is 1.71. The predicted octanol–water partition coefficient (Wildman–Crippen LogP) is 3.84. The lowest BCUT2D eigenvalue weighted by molar-refractivity contribution is 0.318. The lowest BCUT2D eigenvalue weighted by Gasteiger charge is -2.08. The zero-order valence-electron chi connectivity index (χ0n) is 11.9. The highest BCUT2D eigenvalue weighted by molar-refractivity contribution is 7.99. The molecule has 1 heterocycles. The summed E-state index contributed by atoms with van der Waals surface area (Å²) in [7, 11) is 0. The lowest BCUT2D eigenvalue weighted by atomic mass is 10.1. The molecule has 0 saturated carbocycles. The number of aromatic nitrogens is 1. The van der Waals surface area contributed by atoms with Crippen LogP contribution in [-0.2, 0) is 0 Å². The molecule has 2 rings (SSSR count). The summed E-state index contributed by atoms with van der Waals surface area (Å²) in [6, 6.07) is 8.15. The minimum Gasteiger partial charge on any atom is -0.494 e. The maximum atomic E-state index is 5.84. The van der Waals surface area contributed by atoms with Crippen LogP contribution in [0.2, 0.25) is 0 Å². The Hall–Kier alpha value is -1.68. The van der Waals surface area contributed by atoms with Gasteiger partial charge in [0.15, 0.2) is 0 Å². The molecule has 0 spiro atoms. The minimum absolute atomic E-state index is 0.723. The van der Waals surface area contributed by atoms with Crippen molar-refractivity contribution >= 4 is 17.4 Å². The molecule has 1 aromatic heterocycles. The molecule has 0 fully saturated rings. The largest absolute Gasteiger partial charge is 0.494 e. The summed E-state index contributed by atoms with van der Waals surface area (Å²) >= 11 is 1.74. The van der Waals surface area contributed by atoms with Crippen LogP contribution in [0.25, 0.3) is 0 Å². The van der Waals surface area contributed by atoms with E-state index in [1.807, 2.05) is 12.1 Å². The van der Waals surface area contributed by atoms with Crippen LogP contribution >= 0.6 is 11.8 Å². The average Bonchev–Trinajstić information content (AvgIpc) is 2.44. The molecule has 106 valence electrons. The topological polar surface area (TPSA) is 48.1 Å². The van der Waals surface area contributed by atoms with Gasteiger partial charge >= 0.3 is 0 Å². The second-order valence-corrected chi connectivity index (χ2v) is 5.85. The summed E-state index contributed by atoms with van der Waals surface area (Å²) < 4.78 is 5.75. The van der Waals surface area contributed by atoms with Gasteiger partial charge in [0.2, 0.25) is 0 Å². The molecule has 3 nitrogen and oxygen atoms in total. The molecule has 0 aliphatic rings. The third kappa shape index (κ3) is 4.17. The highest BCUT2D eigenvalue weighted by Crippen LogP contribution is 2.24. The standard InChI is InChI=1S/C16H20N2OS/c1-12-4-5-14(10-13(12)2)19-8-3-9-20-16-6-7-18-11-15(16)17/h4-7,10-11H,3,8-9,17H2,1-2H3. The van der Waals surface area contributed by atoms with Crippen LogP contribution in [0.5, 0.6) is 5.75 Å². The van der Waals surface area contributed by atoms with Crippen LogP contribution in [0.15, 0.2) is 41.6 Å². The van der Waals surface area contributed by atoms with Crippen LogP contribution in [0, 0.1) is 13.8 Å². The molecule has 20 heavy (non-hydrogen) atoms. The molecule has 0 radical (unpaired) electrons. The molecule has 0 bridgehead atoms. The Labute approximate surface area is 124 Å². The number of nitrogens with zero attached hydrogens (tertiary/aromatic N) is 1. The predicted molar refractivity (Wildman–Crippen MR) is 85.4 cm³/mol. The fraction of sp³-hybridized carbons (Fsp3) is 0.312. The average molecular weight is 288 g/mol. The molecule has 0 unspecified atom stereocenters. The van der Waals surface area contributed by atoms with Gasteiger partial charge in [-0.25, -0.2) is 0 Å². The number of hydrogen-bond acceptors (Lipinski definition) is 4. The van der Waals surface area contributed by atoms with Crippen molar-refractivity contribution in [2.45, 2.75) is 25.2 Å². The second-order valence-electron chi connectivity index (χ2n) is 4.71. The first-order valence-corrected chi connectivity index (χ1v) is 7.67. The van der Waals surface area contributed by atoms with E-state index in [1.54, 1.807) is 24.2 Å². The quantitative estimate of drug-likeness (QED) is 0.648. The number of ether oxygens (including phenoxy) is 1. The summed E-state index contributed by atoms with van der Waals surface area (Å²) in [5, 5.41) is 0. The highest BCUT2D eigenvalue weighted by Gasteiger charge is 2.00. The van der Waals surface area contributed by atoms with E-state index in [2.05, 4.69) is 31.0 Å². The van der Waals surface area contributed by atoms with Gasteiger partial charge in [-0.3, -0.25) is 4.98 Å². The zero-order valence-corrected chi connectivity index (χ0v) is 12.7. The van der Waals surface area contributed by atoms with E-state index in [4.69, 9.17) is 10.5 Å². The number of benzene rings is 1. The molecule has 0 amide bonds. The summed E-state index contributed by atoms with van der Waals surface area (Å²) in [5.41, 5.74) is 9.14. The van der Waals surface area contributed by atoms with Crippen LogP contribution in [0.4, 0.5) is 5.69 Å². The van der Waals surface area contributed by atoms with Crippen molar-refractivity contribution in [3.63, 3.8) is 0 Å². The van der Waals surface area contributed by atoms with Crippen molar-refractivity contribution in [2.75, 3.05) is 18.1 Å². The van der Waals surface area contributed by atoms with Gasteiger partial charge in [-0.05, 0) is 49.6 Å². The second kappa shape index (κ2) is 7.20. The molecular weight excluding hydrogens is 268 g/mol. The molecule has 0 saturated heterocycles. The van der Waals surface area contributed by atoms with Gasteiger partial charge < -0.3 is 10.5 Å². The number of pyridine rings is 1. The number of hydrogen-bond donors (Lipinski definition) is 1. The van der Waals surface area contributed by atoms with Crippen molar-refractivity contribution in [3.05, 3.63) is 47.8 Å². The van der Waals surface area contributed by atoms with Gasteiger partial charge in [0.05, 0.1) is 18.5 Å². The van der Waals surface area contributed by atoms with Crippen LogP contribution < -0.4 is 10.5 Å². The third-order valence-electron chi connectivity index (χ3n) is 3.10. The Morgan fingerprint density at radius 3 is 2.80 bits per heavy atom. The van der Waals surface area contributed by atoms with Gasteiger partial charge in [-0.2, -0.15) is 0 Å². The van der Waals surface area contributed by atoms with Gasteiger partial charge in [0.25, 0.3) is 0 Å². The van der Waals surface area contributed by atoms with Gasteiger partial charge in [-0.15, -0.1) is 11.8 Å². The summed E-state index contributed by atoms with van der Waals surface area (Å²) in [5.74, 6) is 1.93. The van der Waals surface area contributed by atoms with Crippen molar-refractivity contribution in [3.8, 4) is 5.75 Å². The number of rotatable bonds is 6. The molecule has 4 heteroatoms. The number of nitrogen functional groups attached to an aromatic ring is 1. The van der Waals surface area contributed by atoms with E-state index in [1.165, 1.54) is 11.1 Å². The van der Waals surface area contributed by atoms with E-state index < -0.39 is 0 Å². The maximum absolute atomic E-state index is 5.84. The van der Waals surface area contributed by atoms with Crippen LogP contribution in [0.3, 0.4) is 0 Å². The van der Waals surface area contributed by atoms with Crippen molar-refractivity contribution in [2.24, 2.45) is 0 Å². The van der Waals surface area contributed by atoms with Crippen molar-refractivity contribution in [1.82, 2.24) is 4.98 Å². The molecule has 0 atom stereocenters. The molecule has 2 aromatic rings. The van der Waals surface area contributed by atoms with Gasteiger partial charge in [0.1, 0.15) is 5.75 Å². The molecule has 0 aliphatic carbocycles. The number of aryl methyl sites for hydroxylation is 2. The number of anilines is 1. The van der Waals surface area contributed by atoms with E-state index in [0.29, 0.717) is 0 Å². The zero-order chi connectivity index (χ0) is 14.4. The van der Waals surface area contributed by atoms with Crippen molar-refractivity contribution < 1.29 is 4.74 Å². The molecule has 0 aliphatic heterocycles. The van der Waals surface area contributed by atoms with Gasteiger partial charge in [0, 0.05) is 16.8 Å². The minimum atomic E-state index is 0.723. The first-order chi connectivity index (χ1) is 9.66. The Kier molecular flexibility index (Phi) is 5.30. The van der Waals surface area contributed by atoms with E-state index in [0.717, 1.165) is 35.1 Å². The number of thioether (sulfide) groups is 1. The van der Waals surface area contributed by atoms with E-state index in [9.17, 15) is 0 Å². The highest BCUT2D eigenvalue weighted by atomic mass is 32.2. The molecular formula is C16H20N2OS. The monoisotopic (exact) mass is 288 g/mol. The fourth-order valence-electron chi connectivity index (χ4n) is 1.76. The smallest absolute Gasteiger partial charge is 0.119 e. The van der Waals surface area contributed by atoms with Crippen LogP contribution in [0.1, 0.15) is 17.5 Å². The fourth-order valence-corrected chi connectivity index (χ4v) is 2.62. The van der Waals surface area contributed by atoms with Gasteiger partial charge in [-0.1, -0.05) is 6.07 Å². The maximum Gasteiger partial charge on any atom is 0.119 e. The van der Waals surface area contributed by atoms with Crippen LogP contribution in [-0.4, -0.2) is 17.3 Å². The summed E-state index contributed by atoms with van der Waals surface area (Å²) in [4.78, 5) is 5.07. The SMILES string of the molecule is Cc1ccc(OCCCSc2ccncc2N)cc1C. The number of nitrogens with two attached hydrogens (primary N) is 1. The summed E-state index contributed by atoms with van der Waals surface area (Å²) in [6.07, 6.45) is 4.44. The normalized spacial score (nSPS) is 10.5. The first kappa shape index (κ1) is 14.7. The Morgan fingerprint density at radius 2 is 2.05 bits per heavy atom. The molecule has 1 aromatic carbocycles. The molecule has 2 N–H and O–H groups in total. The summed E-state index contributed by atoms with van der Waals surface area (Å²) in [6.45, 7) is 4.93.